The molecule has 0 aliphatic heterocycles. The van der Waals surface area contributed by atoms with Crippen molar-refractivity contribution in [3.05, 3.63) is 54.1 Å². The summed E-state index contributed by atoms with van der Waals surface area (Å²) in [5.41, 5.74) is 2.81. The molecule has 0 saturated carbocycles. The lowest BCUT2D eigenvalue weighted by molar-refractivity contribution is 0.318. The van der Waals surface area contributed by atoms with Gasteiger partial charge in [0, 0.05) is 5.56 Å². The molecule has 0 aliphatic rings. The predicted molar refractivity (Wildman–Crippen MR) is 72.4 cm³/mol. The summed E-state index contributed by atoms with van der Waals surface area (Å²) in [5.74, 6) is 0.893. The number of hydrogen-bond acceptors (Lipinski definition) is 2. The van der Waals surface area contributed by atoms with Crippen LogP contribution in [-0.2, 0) is 0 Å². The molecule has 0 aliphatic carbocycles. The van der Waals surface area contributed by atoms with E-state index in [-0.39, 0.29) is 0 Å². The molecule has 0 atom stereocenters. The van der Waals surface area contributed by atoms with Gasteiger partial charge in [0.05, 0.1) is 18.2 Å². The highest BCUT2D eigenvalue weighted by Gasteiger charge is 2.05. The third kappa shape index (κ3) is 2.70. The molecule has 0 saturated heterocycles. The third-order valence-electron chi connectivity index (χ3n) is 2.67. The van der Waals surface area contributed by atoms with Gasteiger partial charge in [0.2, 0.25) is 0 Å². The van der Waals surface area contributed by atoms with E-state index in [4.69, 9.17) is 10.00 Å². The number of ether oxygens (including phenoxy) is 1. The van der Waals surface area contributed by atoms with Gasteiger partial charge in [0.25, 0.3) is 0 Å². The zero-order valence-electron chi connectivity index (χ0n) is 10.4. The molecule has 0 heterocycles. The van der Waals surface area contributed by atoms with Crippen molar-refractivity contribution in [2.45, 2.75) is 13.3 Å². The van der Waals surface area contributed by atoms with Crippen LogP contribution in [0.15, 0.2) is 48.5 Å². The lowest BCUT2D eigenvalue weighted by Crippen LogP contribution is -1.96. The zero-order chi connectivity index (χ0) is 12.8. The molecular weight excluding hydrogens is 222 g/mol. The molecule has 2 aromatic carbocycles. The summed E-state index contributed by atoms with van der Waals surface area (Å²) in [5, 5.41) is 8.80. The van der Waals surface area contributed by atoms with Crippen molar-refractivity contribution in [2.24, 2.45) is 0 Å². The van der Waals surface area contributed by atoms with E-state index < -0.39 is 0 Å². The molecule has 90 valence electrons. The standard InChI is InChI=1S/C16H15NO/c1-2-11-18-16-6-4-3-5-15(16)14-9-7-13(12-17)8-10-14/h3-10H,2,11H2,1H3. The summed E-state index contributed by atoms with van der Waals surface area (Å²) < 4.78 is 5.73. The van der Waals surface area contributed by atoms with Gasteiger partial charge in [-0.25, -0.2) is 0 Å². The number of nitrogens with zero attached hydrogens (tertiary/aromatic N) is 1. The van der Waals surface area contributed by atoms with E-state index >= 15 is 0 Å². The van der Waals surface area contributed by atoms with E-state index in [2.05, 4.69) is 13.0 Å². The Morgan fingerprint density at radius 2 is 1.78 bits per heavy atom. The van der Waals surface area contributed by atoms with Crippen LogP contribution in [0.4, 0.5) is 0 Å². The largest absolute Gasteiger partial charge is 0.493 e. The Morgan fingerprint density at radius 3 is 2.44 bits per heavy atom. The minimum atomic E-state index is 0.672. The van der Waals surface area contributed by atoms with Gasteiger partial charge < -0.3 is 4.74 Å². The molecule has 0 aromatic heterocycles. The fourth-order valence-corrected chi connectivity index (χ4v) is 1.77. The van der Waals surface area contributed by atoms with E-state index in [0.29, 0.717) is 12.2 Å². The van der Waals surface area contributed by atoms with Gasteiger partial charge in [-0.2, -0.15) is 5.26 Å². The molecule has 18 heavy (non-hydrogen) atoms. The van der Waals surface area contributed by atoms with Crippen LogP contribution in [0.2, 0.25) is 0 Å². The van der Waals surface area contributed by atoms with Crippen LogP contribution in [-0.4, -0.2) is 6.61 Å². The molecule has 0 unspecified atom stereocenters. The summed E-state index contributed by atoms with van der Waals surface area (Å²) in [7, 11) is 0. The second-order valence-electron chi connectivity index (χ2n) is 4.03. The highest BCUT2D eigenvalue weighted by molar-refractivity contribution is 5.70. The van der Waals surface area contributed by atoms with Crippen LogP contribution >= 0.6 is 0 Å². The Morgan fingerprint density at radius 1 is 1.06 bits per heavy atom. The number of hydrogen-bond donors (Lipinski definition) is 0. The van der Waals surface area contributed by atoms with E-state index in [1.807, 2.05) is 48.5 Å². The first kappa shape index (κ1) is 12.2. The van der Waals surface area contributed by atoms with E-state index in [1.165, 1.54) is 0 Å². The second kappa shape index (κ2) is 5.88. The highest BCUT2D eigenvalue weighted by Crippen LogP contribution is 2.29. The minimum Gasteiger partial charge on any atom is -0.493 e. The van der Waals surface area contributed by atoms with Crippen LogP contribution in [0.1, 0.15) is 18.9 Å². The topological polar surface area (TPSA) is 33.0 Å². The fourth-order valence-electron chi connectivity index (χ4n) is 1.77. The normalized spacial score (nSPS) is 9.78. The molecule has 0 bridgehead atoms. The maximum atomic E-state index is 8.80. The van der Waals surface area contributed by atoms with Crippen molar-refractivity contribution in [2.75, 3.05) is 6.61 Å². The first-order chi connectivity index (χ1) is 8.85. The molecule has 2 heteroatoms. The number of nitriles is 1. The van der Waals surface area contributed by atoms with Gasteiger partial charge in [0.15, 0.2) is 0 Å². The quantitative estimate of drug-likeness (QED) is 0.804. The van der Waals surface area contributed by atoms with Gasteiger partial charge >= 0.3 is 0 Å². The van der Waals surface area contributed by atoms with Gasteiger partial charge in [-0.05, 0) is 30.2 Å². The van der Waals surface area contributed by atoms with Gasteiger partial charge in [0.1, 0.15) is 5.75 Å². The molecular formula is C16H15NO. The average molecular weight is 237 g/mol. The van der Waals surface area contributed by atoms with Crippen molar-refractivity contribution >= 4 is 0 Å². The molecule has 2 rings (SSSR count). The fraction of sp³-hybridized carbons (Fsp3) is 0.188. The van der Waals surface area contributed by atoms with Crippen LogP contribution in [0.3, 0.4) is 0 Å². The maximum Gasteiger partial charge on any atom is 0.127 e. The lowest BCUT2D eigenvalue weighted by Gasteiger charge is -2.10. The van der Waals surface area contributed by atoms with Crippen molar-refractivity contribution in [1.29, 1.82) is 5.26 Å². The first-order valence-corrected chi connectivity index (χ1v) is 6.07. The molecule has 2 nitrogen and oxygen atoms in total. The Hall–Kier alpha value is -2.27. The Bertz CT molecular complexity index is 552. The molecule has 2 aromatic rings. The summed E-state index contributed by atoms with van der Waals surface area (Å²) in [6.45, 7) is 2.80. The van der Waals surface area contributed by atoms with Crippen molar-refractivity contribution in [3.63, 3.8) is 0 Å². The maximum absolute atomic E-state index is 8.80. The Balaban J connectivity index is 2.34. The number of benzene rings is 2. The molecule has 0 spiro atoms. The Labute approximate surface area is 107 Å². The lowest BCUT2D eigenvalue weighted by atomic mass is 10.0. The monoisotopic (exact) mass is 237 g/mol. The van der Waals surface area contributed by atoms with E-state index in [9.17, 15) is 0 Å². The summed E-state index contributed by atoms with van der Waals surface area (Å²) in [4.78, 5) is 0. The van der Waals surface area contributed by atoms with Crippen LogP contribution < -0.4 is 4.74 Å². The average Bonchev–Trinajstić information content (AvgIpc) is 2.45. The first-order valence-electron chi connectivity index (χ1n) is 6.07. The van der Waals surface area contributed by atoms with E-state index in [0.717, 1.165) is 23.3 Å². The summed E-state index contributed by atoms with van der Waals surface area (Å²) >= 11 is 0. The van der Waals surface area contributed by atoms with Crippen LogP contribution in [0.5, 0.6) is 5.75 Å². The Kier molecular flexibility index (Phi) is 3.98. The van der Waals surface area contributed by atoms with Crippen molar-refractivity contribution < 1.29 is 4.74 Å². The van der Waals surface area contributed by atoms with E-state index in [1.54, 1.807) is 0 Å². The summed E-state index contributed by atoms with van der Waals surface area (Å²) in [6.07, 6.45) is 0.988. The van der Waals surface area contributed by atoms with Gasteiger partial charge in [-0.1, -0.05) is 37.3 Å². The zero-order valence-corrected chi connectivity index (χ0v) is 10.4. The minimum absolute atomic E-state index is 0.672. The number of para-hydroxylation sites is 1. The predicted octanol–water partition coefficient (Wildman–Crippen LogP) is 4.01. The van der Waals surface area contributed by atoms with Crippen molar-refractivity contribution in [3.8, 4) is 22.9 Å². The van der Waals surface area contributed by atoms with Crippen LogP contribution in [0, 0.1) is 11.3 Å². The van der Waals surface area contributed by atoms with Crippen LogP contribution in [0.25, 0.3) is 11.1 Å². The molecule has 0 amide bonds. The molecule has 0 fully saturated rings. The molecule has 0 radical (unpaired) electrons. The summed E-state index contributed by atoms with van der Waals surface area (Å²) in [6, 6.07) is 17.6. The SMILES string of the molecule is CCCOc1ccccc1-c1ccc(C#N)cc1. The third-order valence-corrected chi connectivity index (χ3v) is 2.67. The highest BCUT2D eigenvalue weighted by atomic mass is 16.5. The smallest absolute Gasteiger partial charge is 0.127 e. The second-order valence-corrected chi connectivity index (χ2v) is 4.03. The van der Waals surface area contributed by atoms with Gasteiger partial charge in [-0.3, -0.25) is 0 Å². The number of rotatable bonds is 4. The van der Waals surface area contributed by atoms with Crippen molar-refractivity contribution in [1.82, 2.24) is 0 Å². The molecule has 0 N–H and O–H groups in total. The van der Waals surface area contributed by atoms with Gasteiger partial charge in [-0.15, -0.1) is 0 Å².